The van der Waals surface area contributed by atoms with Gasteiger partial charge in [0.15, 0.2) is 0 Å². The molecule has 0 radical (unpaired) electrons. The van der Waals surface area contributed by atoms with Crippen LogP contribution in [0.25, 0.3) is 11.1 Å². The molecule has 1 saturated heterocycles. The molecular weight excluding hydrogens is 437 g/mol. The first-order valence-corrected chi connectivity index (χ1v) is 10.5. The number of benzene rings is 1. The van der Waals surface area contributed by atoms with Gasteiger partial charge in [0.1, 0.15) is 11.6 Å². The van der Waals surface area contributed by atoms with Crippen LogP contribution in [0.1, 0.15) is 23.7 Å². The van der Waals surface area contributed by atoms with Gasteiger partial charge in [0.05, 0.1) is 23.3 Å². The molecule has 0 bridgehead atoms. The normalized spacial score (nSPS) is 15.6. The fourth-order valence-corrected chi connectivity index (χ4v) is 3.61. The summed E-state index contributed by atoms with van der Waals surface area (Å²) >= 11 is 5.86. The molecule has 0 amide bonds. The number of β-amino-alcohol motifs (C(OH)–C–C–N with tert-alkyl or cyclic N) is 1. The van der Waals surface area contributed by atoms with E-state index < -0.39 is 17.9 Å². The maximum Gasteiger partial charge on any atom is 0.339 e. The van der Waals surface area contributed by atoms with Crippen LogP contribution in [0.3, 0.4) is 0 Å². The number of carbonyl (C=O) groups is 1. The van der Waals surface area contributed by atoms with Crippen LogP contribution in [0.4, 0.5) is 21.8 Å². The fourth-order valence-electron chi connectivity index (χ4n) is 3.43. The van der Waals surface area contributed by atoms with Gasteiger partial charge in [0.25, 0.3) is 0 Å². The Kier molecular flexibility index (Phi) is 6.48. The number of halogens is 2. The molecule has 4 rings (SSSR count). The molecular formula is C22H21ClFN5O3. The predicted molar refractivity (Wildman–Crippen MR) is 119 cm³/mol. The summed E-state index contributed by atoms with van der Waals surface area (Å²) in [6.07, 6.45) is 4.82. The number of nitrogens with zero attached hydrogens (tertiary/aromatic N) is 4. The molecule has 1 aliphatic rings. The minimum Gasteiger partial charge on any atom is -0.462 e. The summed E-state index contributed by atoms with van der Waals surface area (Å²) in [6, 6.07) is 5.90. The molecule has 10 heteroatoms. The molecule has 1 unspecified atom stereocenters. The number of ether oxygens (including phenoxy) is 1. The quantitative estimate of drug-likeness (QED) is 0.539. The van der Waals surface area contributed by atoms with Crippen LogP contribution >= 0.6 is 11.6 Å². The summed E-state index contributed by atoms with van der Waals surface area (Å²) in [5.41, 5.74) is 2.14. The predicted octanol–water partition coefficient (Wildman–Crippen LogP) is 3.82. The lowest BCUT2D eigenvalue weighted by atomic mass is 10.1. The van der Waals surface area contributed by atoms with Crippen molar-refractivity contribution < 1.29 is 19.0 Å². The molecule has 2 aromatic heterocycles. The number of rotatable bonds is 6. The molecule has 0 aliphatic carbocycles. The molecule has 2 N–H and O–H groups in total. The number of pyridine rings is 1. The summed E-state index contributed by atoms with van der Waals surface area (Å²) in [5, 5.41) is 13.0. The Bertz CT molecular complexity index is 1150. The number of esters is 1. The minimum absolute atomic E-state index is 0.0173. The number of hydrogen-bond donors (Lipinski definition) is 2. The molecule has 1 atom stereocenters. The van der Waals surface area contributed by atoms with Gasteiger partial charge in [0, 0.05) is 48.5 Å². The van der Waals surface area contributed by atoms with Gasteiger partial charge in [0.2, 0.25) is 5.95 Å². The van der Waals surface area contributed by atoms with Crippen molar-refractivity contribution in [1.82, 2.24) is 15.0 Å². The van der Waals surface area contributed by atoms with Crippen LogP contribution < -0.4 is 10.2 Å². The van der Waals surface area contributed by atoms with Crippen molar-refractivity contribution >= 4 is 35.0 Å². The Balaban J connectivity index is 1.71. The number of carbonyl (C=O) groups excluding carboxylic acids is 1. The van der Waals surface area contributed by atoms with E-state index in [-0.39, 0.29) is 17.6 Å². The van der Waals surface area contributed by atoms with Gasteiger partial charge in [-0.25, -0.2) is 14.2 Å². The largest absolute Gasteiger partial charge is 0.462 e. The zero-order valence-corrected chi connectivity index (χ0v) is 18.0. The fraction of sp³-hybridized carbons (Fsp3) is 0.273. The molecule has 1 fully saturated rings. The van der Waals surface area contributed by atoms with Crippen molar-refractivity contribution in [3.8, 4) is 11.1 Å². The number of nitrogens with one attached hydrogen (secondary N) is 1. The van der Waals surface area contributed by atoms with E-state index >= 15 is 0 Å². The molecule has 1 aromatic carbocycles. The Morgan fingerprint density at radius 3 is 2.91 bits per heavy atom. The molecule has 3 heterocycles. The minimum atomic E-state index is -0.519. The molecule has 0 spiro atoms. The Hall–Kier alpha value is -3.30. The van der Waals surface area contributed by atoms with Crippen molar-refractivity contribution in [2.24, 2.45) is 0 Å². The third-order valence-electron chi connectivity index (χ3n) is 4.97. The third-order valence-corrected chi connectivity index (χ3v) is 5.26. The SMILES string of the molecule is CCOC(=O)c1cncc(-c2cnc(Nc3ccc(F)c(Cl)c3)nc2N2CCC(O)C2)c1. The standard InChI is InChI=1S/C22H21ClFN5O3/c1-2-32-21(31)14-7-13(9-25-10-14)17-11-26-22(27-15-3-4-19(24)18(23)8-15)28-20(17)29-6-5-16(30)12-29/h3-4,7-11,16,30H,2,5-6,12H2,1H3,(H,26,27,28). The van der Waals surface area contributed by atoms with Gasteiger partial charge in [-0.3, -0.25) is 4.98 Å². The lowest BCUT2D eigenvalue weighted by molar-refractivity contribution is 0.0526. The van der Waals surface area contributed by atoms with E-state index in [1.165, 1.54) is 24.4 Å². The van der Waals surface area contributed by atoms with Crippen molar-refractivity contribution in [2.45, 2.75) is 19.4 Å². The summed E-state index contributed by atoms with van der Waals surface area (Å²) in [7, 11) is 0. The molecule has 8 nitrogen and oxygen atoms in total. The Labute approximate surface area is 189 Å². The third kappa shape index (κ3) is 4.79. The number of hydrogen-bond acceptors (Lipinski definition) is 8. The van der Waals surface area contributed by atoms with Crippen molar-refractivity contribution in [3.05, 3.63) is 59.3 Å². The van der Waals surface area contributed by atoms with E-state index in [0.29, 0.717) is 47.7 Å². The maximum atomic E-state index is 13.5. The second kappa shape index (κ2) is 9.46. The first-order chi connectivity index (χ1) is 15.4. The number of aliphatic hydroxyl groups is 1. The van der Waals surface area contributed by atoms with Crippen molar-refractivity contribution in [1.29, 1.82) is 0 Å². The summed E-state index contributed by atoms with van der Waals surface area (Å²) in [4.78, 5) is 27.3. The zero-order chi connectivity index (χ0) is 22.7. The highest BCUT2D eigenvalue weighted by atomic mass is 35.5. The van der Waals surface area contributed by atoms with Crippen LogP contribution in [0.15, 0.2) is 42.9 Å². The van der Waals surface area contributed by atoms with Crippen LogP contribution in [-0.4, -0.2) is 51.8 Å². The van der Waals surface area contributed by atoms with E-state index in [4.69, 9.17) is 16.3 Å². The van der Waals surface area contributed by atoms with Gasteiger partial charge < -0.3 is 20.1 Å². The van der Waals surface area contributed by atoms with E-state index in [0.717, 1.165) is 0 Å². The highest BCUT2D eigenvalue weighted by molar-refractivity contribution is 6.31. The van der Waals surface area contributed by atoms with Crippen LogP contribution in [-0.2, 0) is 4.74 Å². The Morgan fingerprint density at radius 2 is 2.19 bits per heavy atom. The first kappa shape index (κ1) is 21.9. The number of anilines is 3. The van der Waals surface area contributed by atoms with Gasteiger partial charge in [-0.1, -0.05) is 11.6 Å². The van der Waals surface area contributed by atoms with E-state index in [2.05, 4.69) is 20.3 Å². The van der Waals surface area contributed by atoms with Gasteiger partial charge >= 0.3 is 5.97 Å². The second-order valence-electron chi connectivity index (χ2n) is 7.26. The van der Waals surface area contributed by atoms with Gasteiger partial charge in [-0.15, -0.1) is 0 Å². The average molecular weight is 458 g/mol. The Morgan fingerprint density at radius 1 is 1.34 bits per heavy atom. The van der Waals surface area contributed by atoms with Crippen molar-refractivity contribution in [3.63, 3.8) is 0 Å². The molecule has 3 aromatic rings. The number of aliphatic hydroxyl groups excluding tert-OH is 1. The van der Waals surface area contributed by atoms with Gasteiger partial charge in [-0.05, 0) is 37.6 Å². The highest BCUT2D eigenvalue weighted by Crippen LogP contribution is 2.32. The van der Waals surface area contributed by atoms with Crippen LogP contribution in [0.5, 0.6) is 0 Å². The molecule has 32 heavy (non-hydrogen) atoms. The topological polar surface area (TPSA) is 100 Å². The average Bonchev–Trinajstić information content (AvgIpc) is 3.23. The summed E-state index contributed by atoms with van der Waals surface area (Å²) in [5.74, 6) is -0.126. The summed E-state index contributed by atoms with van der Waals surface area (Å²) < 4.78 is 18.5. The van der Waals surface area contributed by atoms with Gasteiger partial charge in [-0.2, -0.15) is 4.98 Å². The van der Waals surface area contributed by atoms with E-state index in [1.54, 1.807) is 25.4 Å². The van der Waals surface area contributed by atoms with E-state index in [9.17, 15) is 14.3 Å². The molecule has 166 valence electrons. The van der Waals surface area contributed by atoms with E-state index in [1.807, 2.05) is 4.90 Å². The molecule has 1 aliphatic heterocycles. The zero-order valence-electron chi connectivity index (χ0n) is 17.3. The summed E-state index contributed by atoms with van der Waals surface area (Å²) in [6.45, 7) is 3.02. The monoisotopic (exact) mass is 457 g/mol. The van der Waals surface area contributed by atoms with Crippen LogP contribution in [0.2, 0.25) is 5.02 Å². The lowest BCUT2D eigenvalue weighted by Crippen LogP contribution is -2.23. The smallest absolute Gasteiger partial charge is 0.339 e. The number of aromatic nitrogens is 3. The second-order valence-corrected chi connectivity index (χ2v) is 7.66. The lowest BCUT2D eigenvalue weighted by Gasteiger charge is -2.21. The first-order valence-electron chi connectivity index (χ1n) is 10.1. The highest BCUT2D eigenvalue weighted by Gasteiger charge is 2.25. The van der Waals surface area contributed by atoms with Crippen molar-refractivity contribution in [2.75, 3.05) is 29.9 Å². The maximum absolute atomic E-state index is 13.5. The molecule has 0 saturated carbocycles. The van der Waals surface area contributed by atoms with Crippen LogP contribution in [0, 0.1) is 5.82 Å².